The normalized spacial score (nSPS) is 13.0. The fourth-order valence-electron chi connectivity index (χ4n) is 2.36. The van der Waals surface area contributed by atoms with E-state index in [-0.39, 0.29) is 18.5 Å². The number of nitrogens with zero attached hydrogens (tertiary/aromatic N) is 1. The maximum absolute atomic E-state index is 12.0. The molecule has 0 spiro atoms. The van der Waals surface area contributed by atoms with Gasteiger partial charge in [0.15, 0.2) is 0 Å². The van der Waals surface area contributed by atoms with Gasteiger partial charge in [0.25, 0.3) is 5.91 Å². The van der Waals surface area contributed by atoms with Crippen molar-refractivity contribution in [3.63, 3.8) is 0 Å². The molecule has 2 amide bonds. The lowest BCUT2D eigenvalue weighted by molar-refractivity contribution is 0.0958. The average molecular weight is 399 g/mol. The molecule has 1 N–H and O–H groups in total. The smallest absolute Gasteiger partial charge is 0.414 e. The first-order chi connectivity index (χ1) is 12.1. The highest BCUT2D eigenvalue weighted by atomic mass is 79.9. The van der Waals surface area contributed by atoms with Crippen molar-refractivity contribution in [1.29, 1.82) is 0 Å². The monoisotopic (exact) mass is 398 g/mol. The number of hydrogen-bond acceptors (Lipinski definition) is 3. The topological polar surface area (TPSA) is 58.6 Å². The summed E-state index contributed by atoms with van der Waals surface area (Å²) in [5.41, 5.74) is 2.18. The van der Waals surface area contributed by atoms with Crippen LogP contribution in [-0.2, 0) is 4.74 Å². The van der Waals surface area contributed by atoms with Crippen LogP contribution in [0.3, 0.4) is 0 Å². The second-order valence-electron chi connectivity index (χ2n) is 5.31. The fourth-order valence-corrected chi connectivity index (χ4v) is 2.75. The maximum atomic E-state index is 12.0. The van der Waals surface area contributed by atoms with E-state index in [9.17, 15) is 9.59 Å². The molecule has 25 heavy (non-hydrogen) atoms. The molecule has 1 heterocycles. The van der Waals surface area contributed by atoms with Gasteiger partial charge in [0.05, 0.1) is 13.1 Å². The maximum Gasteiger partial charge on any atom is 0.414 e. The predicted molar refractivity (Wildman–Crippen MR) is 98.5 cm³/mol. The summed E-state index contributed by atoms with van der Waals surface area (Å²) in [5, 5.41) is 2.76. The standard InChI is InChI=1S/C19H15BrN2O3/c20-16-5-1-4-15(13-16)18(23)21-10-2-3-14-6-8-17(9-7-14)22-11-12-25-19(22)24/h1,4-9,13H,10-12H2,(H,21,23). The predicted octanol–water partition coefficient (Wildman–Crippen LogP) is 3.19. The molecule has 0 unspecified atom stereocenters. The average Bonchev–Trinajstić information content (AvgIpc) is 3.05. The second-order valence-corrected chi connectivity index (χ2v) is 6.22. The molecule has 0 radical (unpaired) electrons. The molecule has 0 atom stereocenters. The molecule has 6 heteroatoms. The molecule has 3 rings (SSSR count). The fraction of sp³-hybridized carbons (Fsp3) is 0.158. The van der Waals surface area contributed by atoms with E-state index in [1.807, 2.05) is 36.4 Å². The molecule has 0 aromatic heterocycles. The third kappa shape index (κ3) is 4.40. The summed E-state index contributed by atoms with van der Waals surface area (Å²) in [5.74, 6) is 5.73. The van der Waals surface area contributed by atoms with Crippen LogP contribution >= 0.6 is 15.9 Å². The molecule has 2 aromatic carbocycles. The first-order valence-corrected chi connectivity index (χ1v) is 8.50. The molecule has 1 aliphatic heterocycles. The third-order valence-corrected chi connectivity index (χ3v) is 4.09. The minimum Gasteiger partial charge on any atom is -0.447 e. The van der Waals surface area contributed by atoms with Gasteiger partial charge in [-0.15, -0.1) is 0 Å². The summed E-state index contributed by atoms with van der Waals surface area (Å²) >= 11 is 3.34. The number of benzene rings is 2. The number of nitrogens with one attached hydrogen (secondary N) is 1. The zero-order chi connectivity index (χ0) is 17.6. The number of cyclic esters (lactones) is 1. The second kappa shape index (κ2) is 7.86. The minimum absolute atomic E-state index is 0.168. The van der Waals surface area contributed by atoms with Gasteiger partial charge >= 0.3 is 6.09 Å². The first-order valence-electron chi connectivity index (χ1n) is 7.70. The van der Waals surface area contributed by atoms with E-state index in [0.29, 0.717) is 18.7 Å². The number of carbonyl (C=O) groups is 2. The Morgan fingerprint density at radius 2 is 2.04 bits per heavy atom. The van der Waals surface area contributed by atoms with Crippen molar-refractivity contribution in [3.8, 4) is 11.8 Å². The Balaban J connectivity index is 1.55. The van der Waals surface area contributed by atoms with Crippen molar-refractivity contribution in [2.45, 2.75) is 0 Å². The Labute approximate surface area is 154 Å². The van der Waals surface area contributed by atoms with Crippen molar-refractivity contribution in [2.75, 3.05) is 24.6 Å². The van der Waals surface area contributed by atoms with Crippen LogP contribution in [0.15, 0.2) is 53.0 Å². The van der Waals surface area contributed by atoms with Gasteiger partial charge in [-0.2, -0.15) is 0 Å². The molecule has 1 saturated heterocycles. The van der Waals surface area contributed by atoms with Crippen molar-refractivity contribution >= 4 is 33.6 Å². The van der Waals surface area contributed by atoms with Crippen LogP contribution in [-0.4, -0.2) is 31.7 Å². The van der Waals surface area contributed by atoms with Crippen LogP contribution in [0.2, 0.25) is 0 Å². The summed E-state index contributed by atoms with van der Waals surface area (Å²) < 4.78 is 5.77. The Morgan fingerprint density at radius 3 is 2.72 bits per heavy atom. The lowest BCUT2D eigenvalue weighted by Gasteiger charge is -2.11. The van der Waals surface area contributed by atoms with E-state index >= 15 is 0 Å². The molecule has 2 aromatic rings. The van der Waals surface area contributed by atoms with Crippen LogP contribution in [0.1, 0.15) is 15.9 Å². The van der Waals surface area contributed by atoms with Gasteiger partial charge < -0.3 is 10.1 Å². The lowest BCUT2D eigenvalue weighted by atomic mass is 10.2. The quantitative estimate of drug-likeness (QED) is 0.807. The Bertz CT molecular complexity index is 853. The molecule has 0 bridgehead atoms. The number of rotatable bonds is 3. The van der Waals surface area contributed by atoms with Gasteiger partial charge in [0.2, 0.25) is 0 Å². The van der Waals surface area contributed by atoms with Crippen LogP contribution in [0.5, 0.6) is 0 Å². The largest absolute Gasteiger partial charge is 0.447 e. The highest BCUT2D eigenvalue weighted by molar-refractivity contribution is 9.10. The van der Waals surface area contributed by atoms with Gasteiger partial charge in [-0.25, -0.2) is 4.79 Å². The Hall–Kier alpha value is -2.78. The van der Waals surface area contributed by atoms with Gasteiger partial charge in [-0.05, 0) is 42.5 Å². The summed E-state index contributed by atoms with van der Waals surface area (Å²) in [6.45, 7) is 1.23. The highest BCUT2D eigenvalue weighted by Crippen LogP contribution is 2.18. The number of amides is 2. The zero-order valence-electron chi connectivity index (χ0n) is 13.3. The number of anilines is 1. The van der Waals surface area contributed by atoms with E-state index in [4.69, 9.17) is 4.74 Å². The van der Waals surface area contributed by atoms with Crippen molar-refractivity contribution in [2.24, 2.45) is 0 Å². The first kappa shape index (κ1) is 17.1. The zero-order valence-corrected chi connectivity index (χ0v) is 14.9. The van der Waals surface area contributed by atoms with E-state index in [1.54, 1.807) is 17.0 Å². The lowest BCUT2D eigenvalue weighted by Crippen LogP contribution is -2.23. The molecule has 1 fully saturated rings. The summed E-state index contributed by atoms with van der Waals surface area (Å²) in [4.78, 5) is 25.1. The van der Waals surface area contributed by atoms with Crippen LogP contribution in [0, 0.1) is 11.8 Å². The van der Waals surface area contributed by atoms with Crippen molar-refractivity contribution in [3.05, 3.63) is 64.1 Å². The molecule has 1 aliphatic rings. The van der Waals surface area contributed by atoms with Gasteiger partial charge in [0, 0.05) is 21.3 Å². The number of hydrogen-bond donors (Lipinski definition) is 1. The Morgan fingerprint density at radius 1 is 1.24 bits per heavy atom. The van der Waals surface area contributed by atoms with E-state index in [1.165, 1.54) is 0 Å². The van der Waals surface area contributed by atoms with E-state index in [2.05, 4.69) is 33.1 Å². The van der Waals surface area contributed by atoms with Crippen LogP contribution < -0.4 is 10.2 Å². The molecule has 0 aliphatic carbocycles. The summed E-state index contributed by atoms with van der Waals surface area (Å²) in [6, 6.07) is 14.5. The summed E-state index contributed by atoms with van der Waals surface area (Å²) in [6.07, 6.45) is -0.325. The highest BCUT2D eigenvalue weighted by Gasteiger charge is 2.23. The number of carbonyl (C=O) groups excluding carboxylic acids is 2. The van der Waals surface area contributed by atoms with E-state index < -0.39 is 0 Å². The number of ether oxygens (including phenoxy) is 1. The third-order valence-electron chi connectivity index (χ3n) is 3.60. The van der Waals surface area contributed by atoms with Crippen LogP contribution in [0.25, 0.3) is 0 Å². The van der Waals surface area contributed by atoms with Gasteiger partial charge in [-0.3, -0.25) is 9.69 Å². The molecule has 5 nitrogen and oxygen atoms in total. The van der Waals surface area contributed by atoms with Crippen molar-refractivity contribution in [1.82, 2.24) is 5.32 Å². The van der Waals surface area contributed by atoms with Crippen molar-refractivity contribution < 1.29 is 14.3 Å². The van der Waals surface area contributed by atoms with Crippen LogP contribution in [0.4, 0.5) is 10.5 Å². The molecular formula is C19H15BrN2O3. The number of halogens is 1. The molecular weight excluding hydrogens is 384 g/mol. The van der Waals surface area contributed by atoms with Gasteiger partial charge in [0.1, 0.15) is 6.61 Å². The van der Waals surface area contributed by atoms with E-state index in [0.717, 1.165) is 15.7 Å². The molecule has 126 valence electrons. The molecule has 0 saturated carbocycles. The summed E-state index contributed by atoms with van der Waals surface area (Å²) in [7, 11) is 0. The minimum atomic E-state index is -0.325. The SMILES string of the molecule is O=C(NCC#Cc1ccc(N2CCOC2=O)cc1)c1cccc(Br)c1. The Kier molecular flexibility index (Phi) is 5.36. The van der Waals surface area contributed by atoms with Gasteiger partial charge in [-0.1, -0.05) is 33.8 Å².